The van der Waals surface area contributed by atoms with E-state index in [2.05, 4.69) is 4.98 Å². The van der Waals surface area contributed by atoms with Crippen LogP contribution < -0.4 is 0 Å². The Morgan fingerprint density at radius 3 is 2.86 bits per heavy atom. The first kappa shape index (κ1) is 14.6. The van der Waals surface area contributed by atoms with E-state index < -0.39 is 11.9 Å². The molecule has 0 spiro atoms. The number of H-pyrrole nitrogens is 1. The van der Waals surface area contributed by atoms with Crippen molar-refractivity contribution in [3.63, 3.8) is 0 Å². The molecule has 2 aromatic rings. The van der Waals surface area contributed by atoms with Crippen molar-refractivity contribution in [1.29, 1.82) is 0 Å². The van der Waals surface area contributed by atoms with Gasteiger partial charge in [0, 0.05) is 24.0 Å². The lowest BCUT2D eigenvalue weighted by molar-refractivity contribution is -0.143. The van der Waals surface area contributed by atoms with E-state index in [0.717, 1.165) is 10.9 Å². The summed E-state index contributed by atoms with van der Waals surface area (Å²) in [5.41, 5.74) is 1.70. The molecule has 1 amide bonds. The van der Waals surface area contributed by atoms with Crippen LogP contribution in [0.4, 0.5) is 4.39 Å². The predicted octanol–water partition coefficient (Wildman–Crippen LogP) is 2.55. The fourth-order valence-electron chi connectivity index (χ4n) is 3.02. The number of fused-ring (bicyclic) bond motifs is 1. The fourth-order valence-corrected chi connectivity index (χ4v) is 3.02. The lowest BCUT2D eigenvalue weighted by Gasteiger charge is -2.30. The lowest BCUT2D eigenvalue weighted by atomic mass is 9.98. The second kappa shape index (κ2) is 5.44. The summed E-state index contributed by atoms with van der Waals surface area (Å²) < 4.78 is 13.4. The summed E-state index contributed by atoms with van der Waals surface area (Å²) in [6, 6.07) is 4.48. The number of benzene rings is 1. The Balaban J connectivity index is 1.89. The van der Waals surface area contributed by atoms with Gasteiger partial charge >= 0.3 is 5.97 Å². The third-order valence-electron chi connectivity index (χ3n) is 4.20. The number of aryl methyl sites for hydroxylation is 1. The van der Waals surface area contributed by atoms with E-state index in [1.807, 2.05) is 0 Å². The zero-order chi connectivity index (χ0) is 15.9. The topological polar surface area (TPSA) is 73.4 Å². The third-order valence-corrected chi connectivity index (χ3v) is 4.20. The van der Waals surface area contributed by atoms with Gasteiger partial charge in [-0.3, -0.25) is 9.59 Å². The van der Waals surface area contributed by atoms with Gasteiger partial charge in [0.2, 0.25) is 0 Å². The highest BCUT2D eigenvalue weighted by Gasteiger charge is 2.29. The number of piperidine rings is 1. The molecule has 22 heavy (non-hydrogen) atoms. The van der Waals surface area contributed by atoms with Gasteiger partial charge in [-0.1, -0.05) is 0 Å². The Labute approximate surface area is 126 Å². The SMILES string of the molecule is Cc1cc(F)cc2[nH]c(C(=O)N3CCC[C@H](C(=O)O)C3)cc12. The number of halogens is 1. The molecular weight excluding hydrogens is 287 g/mol. The summed E-state index contributed by atoms with van der Waals surface area (Å²) in [6.45, 7) is 2.55. The van der Waals surface area contributed by atoms with Crippen LogP contribution in [0.3, 0.4) is 0 Å². The van der Waals surface area contributed by atoms with Gasteiger partial charge in [-0.2, -0.15) is 0 Å². The molecule has 1 aromatic heterocycles. The fraction of sp³-hybridized carbons (Fsp3) is 0.375. The smallest absolute Gasteiger partial charge is 0.308 e. The Bertz CT molecular complexity index is 753. The number of carbonyl (C=O) groups excluding carboxylic acids is 1. The first-order chi connectivity index (χ1) is 10.5. The van der Waals surface area contributed by atoms with E-state index in [1.54, 1.807) is 17.9 Å². The van der Waals surface area contributed by atoms with E-state index in [9.17, 15) is 14.0 Å². The van der Waals surface area contributed by atoms with E-state index in [-0.39, 0.29) is 18.3 Å². The van der Waals surface area contributed by atoms with Gasteiger partial charge in [-0.05, 0) is 43.5 Å². The molecule has 116 valence electrons. The number of carboxylic acids is 1. The first-order valence-corrected chi connectivity index (χ1v) is 7.26. The Morgan fingerprint density at radius 1 is 1.36 bits per heavy atom. The molecule has 1 saturated heterocycles. The number of carbonyl (C=O) groups is 2. The van der Waals surface area contributed by atoms with E-state index >= 15 is 0 Å². The summed E-state index contributed by atoms with van der Waals surface area (Å²) in [5, 5.41) is 9.90. The molecule has 1 fully saturated rings. The minimum atomic E-state index is -0.868. The van der Waals surface area contributed by atoms with Crippen molar-refractivity contribution in [2.45, 2.75) is 19.8 Å². The van der Waals surface area contributed by atoms with Crippen LogP contribution in [0.15, 0.2) is 18.2 Å². The highest BCUT2D eigenvalue weighted by atomic mass is 19.1. The number of likely N-dealkylation sites (tertiary alicyclic amines) is 1. The zero-order valence-electron chi connectivity index (χ0n) is 12.2. The average Bonchev–Trinajstić information content (AvgIpc) is 2.90. The normalized spacial score (nSPS) is 18.6. The van der Waals surface area contributed by atoms with Gasteiger partial charge in [0.25, 0.3) is 5.91 Å². The molecule has 6 heteroatoms. The Kier molecular flexibility index (Phi) is 3.60. The molecule has 1 aliphatic heterocycles. The van der Waals surface area contributed by atoms with Gasteiger partial charge in [0.1, 0.15) is 11.5 Å². The quantitative estimate of drug-likeness (QED) is 0.895. The van der Waals surface area contributed by atoms with E-state index in [4.69, 9.17) is 5.11 Å². The van der Waals surface area contributed by atoms with Gasteiger partial charge in [-0.15, -0.1) is 0 Å². The molecule has 2 heterocycles. The summed E-state index contributed by atoms with van der Waals surface area (Å²) in [5.74, 6) is -1.97. The number of amides is 1. The van der Waals surface area contributed by atoms with Crippen LogP contribution in [0.5, 0.6) is 0 Å². The zero-order valence-corrected chi connectivity index (χ0v) is 12.2. The minimum absolute atomic E-state index is 0.219. The standard InChI is InChI=1S/C16H17FN2O3/c1-9-5-11(17)6-13-12(9)7-14(18-13)15(20)19-4-2-3-10(8-19)16(21)22/h5-7,10,18H,2-4,8H2,1H3,(H,21,22)/t10-/m0/s1. The monoisotopic (exact) mass is 304 g/mol. The highest BCUT2D eigenvalue weighted by molar-refractivity contribution is 5.99. The van der Waals surface area contributed by atoms with Crippen molar-refractivity contribution >= 4 is 22.8 Å². The predicted molar refractivity (Wildman–Crippen MR) is 79.3 cm³/mol. The number of aliphatic carboxylic acids is 1. The molecule has 1 aromatic carbocycles. The van der Waals surface area contributed by atoms with Gasteiger partial charge in [0.05, 0.1) is 5.92 Å². The van der Waals surface area contributed by atoms with Crippen LogP contribution in [0.25, 0.3) is 10.9 Å². The van der Waals surface area contributed by atoms with Crippen LogP contribution >= 0.6 is 0 Å². The van der Waals surface area contributed by atoms with Crippen LogP contribution in [0, 0.1) is 18.7 Å². The maximum atomic E-state index is 13.4. The van der Waals surface area contributed by atoms with Crippen molar-refractivity contribution in [3.8, 4) is 0 Å². The molecular formula is C16H17FN2O3. The van der Waals surface area contributed by atoms with Crippen LogP contribution in [0.1, 0.15) is 28.9 Å². The summed E-state index contributed by atoms with van der Waals surface area (Å²) in [4.78, 5) is 28.1. The number of hydrogen-bond acceptors (Lipinski definition) is 2. The second-order valence-corrected chi connectivity index (χ2v) is 5.80. The molecule has 0 unspecified atom stereocenters. The molecule has 0 bridgehead atoms. The lowest BCUT2D eigenvalue weighted by Crippen LogP contribution is -2.42. The summed E-state index contributed by atoms with van der Waals surface area (Å²) >= 11 is 0. The van der Waals surface area contributed by atoms with Crippen LogP contribution in [-0.4, -0.2) is 40.0 Å². The van der Waals surface area contributed by atoms with Gasteiger partial charge in [0.15, 0.2) is 0 Å². The number of rotatable bonds is 2. The second-order valence-electron chi connectivity index (χ2n) is 5.80. The van der Waals surface area contributed by atoms with Gasteiger partial charge in [-0.25, -0.2) is 4.39 Å². The number of carboxylic acid groups (broad SMARTS) is 1. The molecule has 1 aliphatic rings. The minimum Gasteiger partial charge on any atom is -0.481 e. The van der Waals surface area contributed by atoms with Crippen LogP contribution in [0.2, 0.25) is 0 Å². The molecule has 5 nitrogen and oxygen atoms in total. The number of aromatic nitrogens is 1. The highest BCUT2D eigenvalue weighted by Crippen LogP contribution is 2.24. The summed E-state index contributed by atoms with van der Waals surface area (Å²) in [6.07, 6.45) is 1.27. The van der Waals surface area contributed by atoms with E-state index in [0.29, 0.717) is 30.6 Å². The number of nitrogens with zero attached hydrogens (tertiary/aromatic N) is 1. The van der Waals surface area contributed by atoms with E-state index in [1.165, 1.54) is 12.1 Å². The molecule has 0 aliphatic carbocycles. The number of hydrogen-bond donors (Lipinski definition) is 2. The summed E-state index contributed by atoms with van der Waals surface area (Å²) in [7, 11) is 0. The Morgan fingerprint density at radius 2 is 2.14 bits per heavy atom. The number of nitrogens with one attached hydrogen (secondary N) is 1. The molecule has 1 atom stereocenters. The van der Waals surface area contributed by atoms with Crippen molar-refractivity contribution in [3.05, 3.63) is 35.3 Å². The van der Waals surface area contributed by atoms with Crippen molar-refractivity contribution in [1.82, 2.24) is 9.88 Å². The maximum Gasteiger partial charge on any atom is 0.308 e. The largest absolute Gasteiger partial charge is 0.481 e. The first-order valence-electron chi connectivity index (χ1n) is 7.26. The van der Waals surface area contributed by atoms with Gasteiger partial charge < -0.3 is 15.0 Å². The van der Waals surface area contributed by atoms with Crippen molar-refractivity contribution < 1.29 is 19.1 Å². The maximum absolute atomic E-state index is 13.4. The Hall–Kier alpha value is -2.37. The van der Waals surface area contributed by atoms with Crippen molar-refractivity contribution in [2.24, 2.45) is 5.92 Å². The molecule has 3 rings (SSSR count). The average molecular weight is 304 g/mol. The third kappa shape index (κ3) is 2.56. The van der Waals surface area contributed by atoms with Crippen molar-refractivity contribution in [2.75, 3.05) is 13.1 Å². The molecule has 0 saturated carbocycles. The molecule has 0 radical (unpaired) electrons. The molecule has 2 N–H and O–H groups in total. The number of aromatic amines is 1. The van der Waals surface area contributed by atoms with Crippen LogP contribution in [-0.2, 0) is 4.79 Å².